The zero-order chi connectivity index (χ0) is 18.3. The average molecular weight is 371 g/mol. The summed E-state index contributed by atoms with van der Waals surface area (Å²) in [5, 5.41) is 1.94. The van der Waals surface area contributed by atoms with E-state index in [1.54, 1.807) is 10.6 Å². The van der Waals surface area contributed by atoms with Gasteiger partial charge in [-0.15, -0.1) is 11.3 Å². The standard InChI is InChI=1S/C19H14FNO4S/c1-24-19(23)25-15-10-14(12-3-2-4-13(20)9-12)18(22)21-7-5-11-6-8-26-17(11)16(15)21/h2-4,6,8-10H,5,7H2,1H3. The Morgan fingerprint density at radius 3 is 2.88 bits per heavy atom. The van der Waals surface area contributed by atoms with Gasteiger partial charge in [0.25, 0.3) is 5.56 Å². The minimum atomic E-state index is -0.875. The van der Waals surface area contributed by atoms with Crippen LogP contribution in [0.1, 0.15) is 5.56 Å². The molecule has 3 aromatic rings. The molecule has 0 fully saturated rings. The number of halogens is 1. The fourth-order valence-electron chi connectivity index (χ4n) is 3.13. The summed E-state index contributed by atoms with van der Waals surface area (Å²) in [5.41, 5.74) is 2.10. The number of methoxy groups -OCH3 is 1. The Labute approximate surface area is 152 Å². The Balaban J connectivity index is 1.98. The number of ether oxygens (including phenoxy) is 2. The molecule has 0 saturated heterocycles. The van der Waals surface area contributed by atoms with E-state index < -0.39 is 12.0 Å². The van der Waals surface area contributed by atoms with Gasteiger partial charge in [-0.2, -0.15) is 0 Å². The van der Waals surface area contributed by atoms with Gasteiger partial charge in [-0.1, -0.05) is 12.1 Å². The molecule has 0 saturated carbocycles. The van der Waals surface area contributed by atoms with Gasteiger partial charge < -0.3 is 14.0 Å². The Kier molecular flexibility index (Phi) is 4.08. The number of aryl methyl sites for hydroxylation is 1. The number of thiophene rings is 1. The van der Waals surface area contributed by atoms with Gasteiger partial charge in [-0.3, -0.25) is 4.79 Å². The molecular weight excluding hydrogens is 357 g/mol. The molecule has 0 bridgehead atoms. The molecule has 0 unspecified atom stereocenters. The van der Waals surface area contributed by atoms with Gasteiger partial charge in [0.1, 0.15) is 11.5 Å². The average Bonchev–Trinajstić information content (AvgIpc) is 3.12. The van der Waals surface area contributed by atoms with E-state index in [0.29, 0.717) is 24.2 Å². The van der Waals surface area contributed by atoms with Crippen molar-refractivity contribution in [3.63, 3.8) is 0 Å². The fraction of sp³-hybridized carbons (Fsp3) is 0.158. The highest BCUT2D eigenvalue weighted by Gasteiger charge is 2.26. The lowest BCUT2D eigenvalue weighted by atomic mass is 10.0. The van der Waals surface area contributed by atoms with Crippen LogP contribution in [0.25, 0.3) is 21.7 Å². The van der Waals surface area contributed by atoms with Crippen LogP contribution in [-0.4, -0.2) is 17.8 Å². The number of hydrogen-bond donors (Lipinski definition) is 0. The quantitative estimate of drug-likeness (QED) is 0.637. The van der Waals surface area contributed by atoms with E-state index in [4.69, 9.17) is 4.74 Å². The molecular formula is C19H14FNO4S. The minimum Gasteiger partial charge on any atom is -0.437 e. The summed E-state index contributed by atoms with van der Waals surface area (Å²) in [4.78, 5) is 25.6. The summed E-state index contributed by atoms with van der Waals surface area (Å²) < 4.78 is 25.1. The third-order valence-electron chi connectivity index (χ3n) is 4.32. The lowest BCUT2D eigenvalue weighted by Crippen LogP contribution is -2.28. The van der Waals surface area contributed by atoms with E-state index in [1.165, 1.54) is 42.7 Å². The maximum absolute atomic E-state index is 13.6. The first-order valence-corrected chi connectivity index (χ1v) is 8.83. The Bertz CT molecular complexity index is 1070. The lowest BCUT2D eigenvalue weighted by molar-refractivity contribution is 0.121. The van der Waals surface area contributed by atoms with Crippen LogP contribution in [0.15, 0.2) is 46.6 Å². The van der Waals surface area contributed by atoms with Crippen LogP contribution in [0.3, 0.4) is 0 Å². The Morgan fingerprint density at radius 2 is 2.12 bits per heavy atom. The van der Waals surface area contributed by atoms with E-state index in [9.17, 15) is 14.0 Å². The van der Waals surface area contributed by atoms with Gasteiger partial charge in [0.15, 0.2) is 5.75 Å². The highest BCUT2D eigenvalue weighted by molar-refractivity contribution is 7.13. The molecule has 0 atom stereocenters. The summed E-state index contributed by atoms with van der Waals surface area (Å²) in [7, 11) is 1.22. The summed E-state index contributed by atoms with van der Waals surface area (Å²) in [5.74, 6) is -0.222. The van der Waals surface area contributed by atoms with Crippen molar-refractivity contribution in [2.45, 2.75) is 13.0 Å². The maximum Gasteiger partial charge on any atom is 0.513 e. The van der Waals surface area contributed by atoms with E-state index in [2.05, 4.69) is 4.74 Å². The highest BCUT2D eigenvalue weighted by Crippen LogP contribution is 2.40. The highest BCUT2D eigenvalue weighted by atomic mass is 32.1. The predicted molar refractivity (Wildman–Crippen MR) is 96.1 cm³/mol. The number of pyridine rings is 1. The van der Waals surface area contributed by atoms with Gasteiger partial charge in [-0.05, 0) is 47.2 Å². The van der Waals surface area contributed by atoms with Crippen molar-refractivity contribution in [3.8, 4) is 27.4 Å². The van der Waals surface area contributed by atoms with Gasteiger partial charge in [-0.25, -0.2) is 9.18 Å². The molecule has 2 aromatic heterocycles. The van der Waals surface area contributed by atoms with Crippen LogP contribution in [-0.2, 0) is 17.7 Å². The number of nitrogens with zero attached hydrogens (tertiary/aromatic N) is 1. The first-order valence-electron chi connectivity index (χ1n) is 7.95. The number of benzene rings is 1. The van der Waals surface area contributed by atoms with Gasteiger partial charge in [0.05, 0.1) is 17.6 Å². The maximum atomic E-state index is 13.6. The van der Waals surface area contributed by atoms with Crippen molar-refractivity contribution in [1.82, 2.24) is 4.57 Å². The van der Waals surface area contributed by atoms with Gasteiger partial charge in [0, 0.05) is 6.54 Å². The molecule has 1 aliphatic rings. The van der Waals surface area contributed by atoms with Crippen molar-refractivity contribution in [1.29, 1.82) is 0 Å². The van der Waals surface area contributed by atoms with Crippen molar-refractivity contribution < 1.29 is 18.7 Å². The topological polar surface area (TPSA) is 57.5 Å². The smallest absolute Gasteiger partial charge is 0.437 e. The second-order valence-corrected chi connectivity index (χ2v) is 6.74. The first kappa shape index (κ1) is 16.5. The lowest BCUT2D eigenvalue weighted by Gasteiger charge is -2.22. The second-order valence-electron chi connectivity index (χ2n) is 5.82. The molecule has 0 radical (unpaired) electrons. The zero-order valence-corrected chi connectivity index (χ0v) is 14.6. The molecule has 0 aliphatic carbocycles. The summed E-state index contributed by atoms with van der Waals surface area (Å²) in [6, 6.07) is 9.25. The van der Waals surface area contributed by atoms with Crippen LogP contribution in [0.2, 0.25) is 0 Å². The largest absolute Gasteiger partial charge is 0.513 e. The molecule has 5 nitrogen and oxygen atoms in total. The molecule has 3 heterocycles. The Morgan fingerprint density at radius 1 is 1.27 bits per heavy atom. The Hall–Kier alpha value is -2.93. The summed E-state index contributed by atoms with van der Waals surface area (Å²) in [6.45, 7) is 0.457. The van der Waals surface area contributed by atoms with Crippen molar-refractivity contribution in [2.75, 3.05) is 7.11 Å². The van der Waals surface area contributed by atoms with E-state index in [1.807, 2.05) is 11.4 Å². The summed E-state index contributed by atoms with van der Waals surface area (Å²) >= 11 is 1.48. The number of hydrogen-bond acceptors (Lipinski definition) is 5. The molecule has 0 amide bonds. The van der Waals surface area contributed by atoms with Crippen molar-refractivity contribution in [3.05, 3.63) is 63.5 Å². The zero-order valence-electron chi connectivity index (χ0n) is 13.8. The minimum absolute atomic E-state index is 0.221. The molecule has 1 aromatic carbocycles. The van der Waals surface area contributed by atoms with E-state index in [0.717, 1.165) is 10.4 Å². The molecule has 7 heteroatoms. The van der Waals surface area contributed by atoms with E-state index in [-0.39, 0.29) is 16.9 Å². The molecule has 1 aliphatic heterocycles. The molecule has 4 rings (SSSR count). The molecule has 26 heavy (non-hydrogen) atoms. The fourth-order valence-corrected chi connectivity index (χ4v) is 4.15. The number of rotatable bonds is 2. The molecule has 0 spiro atoms. The van der Waals surface area contributed by atoms with Crippen LogP contribution in [0, 0.1) is 5.82 Å². The number of carbonyl (C=O) groups excluding carboxylic acids is 1. The van der Waals surface area contributed by atoms with E-state index >= 15 is 0 Å². The second kappa shape index (κ2) is 6.42. The SMILES string of the molecule is COC(=O)Oc1cc(-c2cccc(F)c2)c(=O)n2c1-c1sccc1CC2. The van der Waals surface area contributed by atoms with Crippen molar-refractivity contribution in [2.24, 2.45) is 0 Å². The predicted octanol–water partition coefficient (Wildman–Crippen LogP) is 4.08. The molecule has 132 valence electrons. The van der Waals surface area contributed by atoms with Crippen LogP contribution >= 0.6 is 11.3 Å². The normalized spacial score (nSPS) is 12.2. The first-order chi connectivity index (χ1) is 12.6. The van der Waals surface area contributed by atoms with Gasteiger partial charge >= 0.3 is 6.16 Å². The summed E-state index contributed by atoms with van der Waals surface area (Å²) in [6.07, 6.45) is -0.170. The van der Waals surface area contributed by atoms with Crippen LogP contribution in [0.5, 0.6) is 5.75 Å². The number of aromatic nitrogens is 1. The van der Waals surface area contributed by atoms with Crippen LogP contribution in [0.4, 0.5) is 9.18 Å². The monoisotopic (exact) mass is 371 g/mol. The van der Waals surface area contributed by atoms with Crippen molar-refractivity contribution >= 4 is 17.5 Å². The van der Waals surface area contributed by atoms with Gasteiger partial charge in [0.2, 0.25) is 0 Å². The third-order valence-corrected chi connectivity index (χ3v) is 5.28. The number of fused-ring (bicyclic) bond motifs is 3. The van der Waals surface area contributed by atoms with Crippen LogP contribution < -0.4 is 10.3 Å². The third kappa shape index (κ3) is 2.70. The number of carbonyl (C=O) groups is 1. The molecule has 0 N–H and O–H groups in total.